The van der Waals surface area contributed by atoms with Crippen LogP contribution in [0.15, 0.2) is 30.9 Å². The van der Waals surface area contributed by atoms with Gasteiger partial charge in [0.25, 0.3) is 5.91 Å². The van der Waals surface area contributed by atoms with Gasteiger partial charge in [-0.05, 0) is 44.0 Å². The normalized spacial score (nSPS) is 17.0. The van der Waals surface area contributed by atoms with E-state index in [9.17, 15) is 14.7 Å². The lowest BCUT2D eigenvalue weighted by Gasteiger charge is -2.31. The zero-order valence-electron chi connectivity index (χ0n) is 14.5. The first-order valence-electron chi connectivity index (χ1n) is 8.42. The largest absolute Gasteiger partial charge is 0.507 e. The average molecular weight is 355 g/mol. The van der Waals surface area contributed by atoms with Crippen molar-refractivity contribution in [1.29, 1.82) is 0 Å². The molecule has 1 unspecified atom stereocenters. The summed E-state index contributed by atoms with van der Waals surface area (Å²) in [6.07, 6.45) is 2.88. The second kappa shape index (κ2) is 7.38. The van der Waals surface area contributed by atoms with Crippen LogP contribution in [0, 0.1) is 6.92 Å². The lowest BCUT2D eigenvalue weighted by atomic mass is 9.96. The number of nitrogens with one attached hydrogen (secondary N) is 2. The third-order valence-electron chi connectivity index (χ3n) is 4.37. The number of phenolic OH excluding ortho intramolecular Hbond substituents is 1. The monoisotopic (exact) mass is 355 g/mol. The number of piperidine rings is 1. The Hall–Kier alpha value is -3.16. The zero-order chi connectivity index (χ0) is 18.7. The molecule has 1 aliphatic rings. The zero-order valence-corrected chi connectivity index (χ0v) is 14.5. The lowest BCUT2D eigenvalue weighted by Crippen LogP contribution is -2.39. The summed E-state index contributed by atoms with van der Waals surface area (Å²) < 4.78 is 0. The van der Waals surface area contributed by atoms with Crippen molar-refractivity contribution in [2.75, 3.05) is 18.4 Å². The van der Waals surface area contributed by atoms with Crippen LogP contribution in [0.4, 0.5) is 5.69 Å². The van der Waals surface area contributed by atoms with E-state index in [0.29, 0.717) is 24.6 Å². The van der Waals surface area contributed by atoms with Gasteiger partial charge in [0.15, 0.2) is 5.82 Å². The van der Waals surface area contributed by atoms with Crippen molar-refractivity contribution >= 4 is 17.5 Å². The summed E-state index contributed by atoms with van der Waals surface area (Å²) in [5.74, 6) is 0.718. The van der Waals surface area contributed by atoms with E-state index in [1.165, 1.54) is 18.2 Å². The number of rotatable bonds is 4. The molecule has 2 amide bonds. The first-order chi connectivity index (χ1) is 12.5. The molecule has 1 aromatic heterocycles. The Kier molecular flexibility index (Phi) is 5.01. The first kappa shape index (κ1) is 17.7. The number of benzene rings is 1. The number of amides is 2. The number of carbonyl (C=O) groups excluding carboxylic acids is 2. The highest BCUT2D eigenvalue weighted by molar-refractivity contribution is 6.02. The van der Waals surface area contributed by atoms with Gasteiger partial charge in [0.2, 0.25) is 5.91 Å². The van der Waals surface area contributed by atoms with E-state index in [2.05, 4.69) is 27.1 Å². The second-order valence-corrected chi connectivity index (χ2v) is 6.29. The molecule has 2 heterocycles. The van der Waals surface area contributed by atoms with Gasteiger partial charge in [-0.15, -0.1) is 0 Å². The molecule has 0 spiro atoms. The van der Waals surface area contributed by atoms with Crippen LogP contribution in [0.5, 0.6) is 5.75 Å². The third-order valence-corrected chi connectivity index (χ3v) is 4.37. The maximum Gasteiger partial charge on any atom is 0.257 e. The number of aromatic nitrogens is 3. The third kappa shape index (κ3) is 3.74. The Morgan fingerprint density at radius 1 is 1.46 bits per heavy atom. The van der Waals surface area contributed by atoms with E-state index < -0.39 is 0 Å². The van der Waals surface area contributed by atoms with Crippen LogP contribution in [0.2, 0.25) is 0 Å². The van der Waals surface area contributed by atoms with Crippen LogP contribution in [0.25, 0.3) is 0 Å². The molecule has 2 aromatic rings. The standard InChI is InChI=1S/C18H21N5O3/c1-3-16(25)20-13-6-7-15(24)14(9-13)18(26)23-8-4-5-12(10-23)17-19-11(2)21-22-17/h3,6-7,9,12,24H,1,4-5,8,10H2,2H3,(H,20,25)(H,19,21,22). The van der Waals surface area contributed by atoms with Crippen molar-refractivity contribution in [3.63, 3.8) is 0 Å². The van der Waals surface area contributed by atoms with E-state index in [0.717, 1.165) is 24.7 Å². The molecular weight excluding hydrogens is 334 g/mol. The summed E-state index contributed by atoms with van der Waals surface area (Å²) in [5.41, 5.74) is 0.577. The maximum absolute atomic E-state index is 12.9. The van der Waals surface area contributed by atoms with E-state index in [1.807, 2.05) is 6.92 Å². The molecule has 1 atom stereocenters. The van der Waals surface area contributed by atoms with Gasteiger partial charge in [-0.2, -0.15) is 5.10 Å². The van der Waals surface area contributed by atoms with Gasteiger partial charge in [0.05, 0.1) is 5.56 Å². The first-order valence-corrected chi connectivity index (χ1v) is 8.42. The molecule has 26 heavy (non-hydrogen) atoms. The Morgan fingerprint density at radius 2 is 2.27 bits per heavy atom. The smallest absolute Gasteiger partial charge is 0.257 e. The van der Waals surface area contributed by atoms with Crippen molar-refractivity contribution in [2.24, 2.45) is 0 Å². The number of anilines is 1. The second-order valence-electron chi connectivity index (χ2n) is 6.29. The molecule has 3 N–H and O–H groups in total. The van der Waals surface area contributed by atoms with Crippen molar-refractivity contribution in [3.8, 4) is 5.75 Å². The van der Waals surface area contributed by atoms with Crippen LogP contribution >= 0.6 is 0 Å². The fourth-order valence-corrected chi connectivity index (χ4v) is 3.06. The predicted octanol–water partition coefficient (Wildman–Crippen LogP) is 1.96. The predicted molar refractivity (Wildman–Crippen MR) is 95.9 cm³/mol. The molecule has 8 nitrogen and oxygen atoms in total. The summed E-state index contributed by atoms with van der Waals surface area (Å²) in [5, 5.41) is 19.7. The Labute approximate surface area is 150 Å². The molecule has 0 radical (unpaired) electrons. The number of nitrogens with zero attached hydrogens (tertiary/aromatic N) is 3. The highest BCUT2D eigenvalue weighted by Crippen LogP contribution is 2.28. The molecule has 3 rings (SSSR count). The van der Waals surface area contributed by atoms with E-state index in [4.69, 9.17) is 0 Å². The molecule has 1 aliphatic heterocycles. The quantitative estimate of drug-likeness (QED) is 0.573. The number of aromatic amines is 1. The van der Waals surface area contributed by atoms with Gasteiger partial charge < -0.3 is 15.3 Å². The van der Waals surface area contributed by atoms with Gasteiger partial charge in [-0.1, -0.05) is 6.58 Å². The number of aryl methyl sites for hydroxylation is 1. The molecule has 0 bridgehead atoms. The SMILES string of the molecule is C=CC(=O)Nc1ccc(O)c(C(=O)N2CCCC(c3n[nH]c(C)n3)C2)c1. The molecule has 0 saturated carbocycles. The molecule has 1 aromatic carbocycles. The van der Waals surface area contributed by atoms with Gasteiger partial charge >= 0.3 is 0 Å². The fraction of sp³-hybridized carbons (Fsp3) is 0.333. The number of H-pyrrole nitrogens is 1. The Balaban J connectivity index is 1.78. The highest BCUT2D eigenvalue weighted by Gasteiger charge is 2.29. The highest BCUT2D eigenvalue weighted by atomic mass is 16.3. The van der Waals surface area contributed by atoms with E-state index in [1.54, 1.807) is 4.90 Å². The minimum atomic E-state index is -0.382. The van der Waals surface area contributed by atoms with Gasteiger partial charge in [-0.25, -0.2) is 4.98 Å². The fourth-order valence-electron chi connectivity index (χ4n) is 3.06. The van der Waals surface area contributed by atoms with Gasteiger partial charge in [0, 0.05) is 24.7 Å². The summed E-state index contributed by atoms with van der Waals surface area (Å²) >= 11 is 0. The lowest BCUT2D eigenvalue weighted by molar-refractivity contribution is -0.111. The maximum atomic E-state index is 12.9. The number of aromatic hydroxyl groups is 1. The van der Waals surface area contributed by atoms with Crippen molar-refractivity contribution in [1.82, 2.24) is 20.1 Å². The number of carbonyl (C=O) groups is 2. The van der Waals surface area contributed by atoms with Crippen LogP contribution in [0.3, 0.4) is 0 Å². The Bertz CT molecular complexity index is 845. The van der Waals surface area contributed by atoms with Crippen molar-refractivity contribution in [3.05, 3.63) is 48.1 Å². The molecule has 1 saturated heterocycles. The minimum absolute atomic E-state index is 0.0587. The van der Waals surface area contributed by atoms with Crippen molar-refractivity contribution in [2.45, 2.75) is 25.7 Å². The van der Waals surface area contributed by atoms with Crippen LogP contribution in [0.1, 0.15) is 40.8 Å². The van der Waals surface area contributed by atoms with Crippen LogP contribution in [-0.4, -0.2) is 50.1 Å². The van der Waals surface area contributed by atoms with Crippen LogP contribution in [-0.2, 0) is 4.79 Å². The number of hydrogen-bond donors (Lipinski definition) is 3. The topological polar surface area (TPSA) is 111 Å². The van der Waals surface area contributed by atoms with E-state index in [-0.39, 0.29) is 29.0 Å². The number of phenols is 1. The molecule has 0 aliphatic carbocycles. The van der Waals surface area contributed by atoms with Gasteiger partial charge in [-0.3, -0.25) is 14.7 Å². The number of hydrogen-bond acceptors (Lipinski definition) is 5. The molecule has 136 valence electrons. The molecular formula is C18H21N5O3. The Morgan fingerprint density at radius 3 is 2.96 bits per heavy atom. The van der Waals surface area contributed by atoms with Crippen molar-refractivity contribution < 1.29 is 14.7 Å². The summed E-state index contributed by atoms with van der Waals surface area (Å²) in [6.45, 7) is 6.31. The summed E-state index contributed by atoms with van der Waals surface area (Å²) in [7, 11) is 0. The van der Waals surface area contributed by atoms with E-state index >= 15 is 0 Å². The van der Waals surface area contributed by atoms with Gasteiger partial charge in [0.1, 0.15) is 11.6 Å². The molecule has 8 heteroatoms. The summed E-state index contributed by atoms with van der Waals surface area (Å²) in [6, 6.07) is 4.40. The number of likely N-dealkylation sites (tertiary alicyclic amines) is 1. The summed E-state index contributed by atoms with van der Waals surface area (Å²) in [4.78, 5) is 30.4. The molecule has 1 fully saturated rings. The minimum Gasteiger partial charge on any atom is -0.507 e. The van der Waals surface area contributed by atoms with Crippen LogP contribution < -0.4 is 5.32 Å². The average Bonchev–Trinajstić information content (AvgIpc) is 3.09.